The molecule has 0 aliphatic carbocycles. The van der Waals surface area contributed by atoms with E-state index in [1.807, 2.05) is 6.92 Å². The van der Waals surface area contributed by atoms with Crippen molar-refractivity contribution in [3.8, 4) is 11.5 Å². The number of hydrogen-bond donors (Lipinski definition) is 0. The van der Waals surface area contributed by atoms with Crippen LogP contribution >= 0.6 is 35.0 Å². The van der Waals surface area contributed by atoms with Crippen molar-refractivity contribution in [2.45, 2.75) is 20.1 Å². The van der Waals surface area contributed by atoms with Crippen molar-refractivity contribution in [2.75, 3.05) is 6.61 Å². The predicted molar refractivity (Wildman–Crippen MR) is 143 cm³/mol. The average molecular weight is 559 g/mol. The Balaban J connectivity index is 1.50. The molecule has 8 nitrogen and oxygen atoms in total. The molecule has 11 heteroatoms. The highest BCUT2D eigenvalue weighted by Crippen LogP contribution is 2.36. The normalized spacial score (nSPS) is 14.4. The molecule has 1 aliphatic heterocycles. The molecule has 4 rings (SSSR count). The summed E-state index contributed by atoms with van der Waals surface area (Å²) in [4.78, 5) is 37.1. The molecule has 0 atom stereocenters. The first kappa shape index (κ1) is 26.5. The number of ether oxygens (including phenoxy) is 2. The van der Waals surface area contributed by atoms with E-state index in [1.54, 1.807) is 42.5 Å². The molecule has 3 aromatic rings. The Bertz CT molecular complexity index is 1370. The van der Waals surface area contributed by atoms with E-state index in [0.717, 1.165) is 16.7 Å². The fourth-order valence-corrected chi connectivity index (χ4v) is 4.86. The number of imide groups is 1. The largest absolute Gasteiger partial charge is 0.490 e. The third-order valence-corrected chi connectivity index (χ3v) is 6.98. The van der Waals surface area contributed by atoms with Crippen LogP contribution in [0.25, 0.3) is 6.08 Å². The number of amides is 2. The third-order valence-electron chi connectivity index (χ3n) is 5.36. The SMILES string of the molecule is CCOc1cc(/C=C2\SC(=O)N(Cc3ccc([N+](=O)[O-])cc3)C2=O)ccc1OCc1c(Cl)cccc1Cl. The number of benzene rings is 3. The third kappa shape index (κ3) is 6.25. The van der Waals surface area contributed by atoms with Gasteiger partial charge in [-0.1, -0.05) is 47.5 Å². The summed E-state index contributed by atoms with van der Waals surface area (Å²) in [5, 5.41) is 11.4. The molecule has 190 valence electrons. The second-order valence-electron chi connectivity index (χ2n) is 7.82. The van der Waals surface area contributed by atoms with Crippen molar-refractivity contribution < 1.29 is 24.0 Å². The molecule has 37 heavy (non-hydrogen) atoms. The fourth-order valence-electron chi connectivity index (χ4n) is 3.52. The number of nitro benzene ring substituents is 1. The first-order chi connectivity index (χ1) is 17.8. The lowest BCUT2D eigenvalue weighted by atomic mass is 10.1. The van der Waals surface area contributed by atoms with E-state index in [0.29, 0.717) is 44.8 Å². The Morgan fingerprint density at radius 2 is 1.70 bits per heavy atom. The fraction of sp³-hybridized carbons (Fsp3) is 0.154. The summed E-state index contributed by atoms with van der Waals surface area (Å²) >= 11 is 13.3. The summed E-state index contributed by atoms with van der Waals surface area (Å²) in [6, 6.07) is 16.1. The minimum absolute atomic E-state index is 0.0155. The molecule has 0 saturated carbocycles. The van der Waals surface area contributed by atoms with Crippen molar-refractivity contribution in [2.24, 2.45) is 0 Å². The van der Waals surface area contributed by atoms with E-state index in [-0.39, 0.29) is 23.7 Å². The lowest BCUT2D eigenvalue weighted by molar-refractivity contribution is -0.384. The lowest BCUT2D eigenvalue weighted by Crippen LogP contribution is -2.27. The van der Waals surface area contributed by atoms with Gasteiger partial charge in [-0.05, 0) is 60.2 Å². The summed E-state index contributed by atoms with van der Waals surface area (Å²) in [7, 11) is 0. The van der Waals surface area contributed by atoms with Crippen molar-refractivity contribution >= 4 is 57.9 Å². The van der Waals surface area contributed by atoms with Gasteiger partial charge in [-0.25, -0.2) is 0 Å². The quantitative estimate of drug-likeness (QED) is 0.156. The van der Waals surface area contributed by atoms with Crippen LogP contribution in [0.15, 0.2) is 65.6 Å². The van der Waals surface area contributed by atoms with Gasteiger partial charge in [0.15, 0.2) is 11.5 Å². The van der Waals surface area contributed by atoms with E-state index in [4.69, 9.17) is 32.7 Å². The van der Waals surface area contributed by atoms with Crippen LogP contribution in [0.2, 0.25) is 10.0 Å². The van der Waals surface area contributed by atoms with E-state index in [2.05, 4.69) is 0 Å². The van der Waals surface area contributed by atoms with Crippen LogP contribution < -0.4 is 9.47 Å². The molecule has 0 radical (unpaired) electrons. The van der Waals surface area contributed by atoms with Gasteiger partial charge in [0.05, 0.1) is 23.0 Å². The highest BCUT2D eigenvalue weighted by atomic mass is 35.5. The van der Waals surface area contributed by atoms with Gasteiger partial charge in [-0.15, -0.1) is 0 Å². The lowest BCUT2D eigenvalue weighted by Gasteiger charge is -2.14. The topological polar surface area (TPSA) is 99.0 Å². The van der Waals surface area contributed by atoms with Gasteiger partial charge in [0.1, 0.15) is 6.61 Å². The standard InChI is InChI=1S/C26H20Cl2N2O6S/c1-2-35-23-12-17(8-11-22(23)36-15-19-20(27)4-3-5-21(19)28)13-24-25(31)29(26(32)37-24)14-16-6-9-18(10-7-16)30(33)34/h3-13H,2,14-15H2,1H3/b24-13-. The van der Waals surface area contributed by atoms with Gasteiger partial charge in [-0.2, -0.15) is 0 Å². The first-order valence-corrected chi connectivity index (χ1v) is 12.6. The number of nitro groups is 1. The van der Waals surface area contributed by atoms with E-state index in [1.165, 1.54) is 24.3 Å². The zero-order chi connectivity index (χ0) is 26.5. The maximum Gasteiger partial charge on any atom is 0.293 e. The van der Waals surface area contributed by atoms with Gasteiger partial charge in [0.2, 0.25) is 0 Å². The van der Waals surface area contributed by atoms with Crippen LogP contribution in [0.3, 0.4) is 0 Å². The highest BCUT2D eigenvalue weighted by Gasteiger charge is 2.35. The summed E-state index contributed by atoms with van der Waals surface area (Å²) in [5.74, 6) is 0.491. The molecular weight excluding hydrogens is 539 g/mol. The predicted octanol–water partition coefficient (Wildman–Crippen LogP) is 7.12. The molecule has 0 bridgehead atoms. The number of nitrogens with zero attached hydrogens (tertiary/aromatic N) is 2. The summed E-state index contributed by atoms with van der Waals surface area (Å²) in [6.45, 7) is 2.38. The van der Waals surface area contributed by atoms with Gasteiger partial charge in [0.25, 0.3) is 16.8 Å². The molecule has 0 aromatic heterocycles. The molecule has 1 saturated heterocycles. The summed E-state index contributed by atoms with van der Waals surface area (Å²) in [6.07, 6.45) is 1.61. The number of non-ortho nitro benzene ring substituents is 1. The number of carbonyl (C=O) groups excluding carboxylic acids is 2. The maximum atomic E-state index is 12.9. The number of hydrogen-bond acceptors (Lipinski definition) is 7. The molecule has 0 unspecified atom stereocenters. The second kappa shape index (κ2) is 11.7. The Morgan fingerprint density at radius 3 is 2.35 bits per heavy atom. The number of halogens is 2. The van der Waals surface area contributed by atoms with Crippen LogP contribution in [0, 0.1) is 10.1 Å². The minimum atomic E-state index is -0.509. The van der Waals surface area contributed by atoms with Crippen LogP contribution in [0.1, 0.15) is 23.6 Å². The van der Waals surface area contributed by atoms with Crippen LogP contribution in [0.4, 0.5) is 10.5 Å². The van der Waals surface area contributed by atoms with Crippen molar-refractivity contribution in [3.05, 3.63) is 102 Å². The molecular formula is C26H20Cl2N2O6S. The Labute approximate surface area is 226 Å². The van der Waals surface area contributed by atoms with Gasteiger partial charge >= 0.3 is 0 Å². The molecule has 1 fully saturated rings. The molecule has 0 spiro atoms. The van der Waals surface area contributed by atoms with Gasteiger partial charge in [-0.3, -0.25) is 24.6 Å². The highest BCUT2D eigenvalue weighted by molar-refractivity contribution is 8.18. The molecule has 1 heterocycles. The van der Waals surface area contributed by atoms with Crippen molar-refractivity contribution in [1.82, 2.24) is 4.90 Å². The van der Waals surface area contributed by atoms with E-state index < -0.39 is 16.1 Å². The molecule has 1 aliphatic rings. The summed E-state index contributed by atoms with van der Waals surface area (Å²) in [5.41, 5.74) is 1.84. The smallest absolute Gasteiger partial charge is 0.293 e. The monoisotopic (exact) mass is 558 g/mol. The molecule has 3 aromatic carbocycles. The minimum Gasteiger partial charge on any atom is -0.490 e. The number of carbonyl (C=O) groups is 2. The van der Waals surface area contributed by atoms with Gasteiger partial charge < -0.3 is 9.47 Å². The second-order valence-corrected chi connectivity index (χ2v) is 9.63. The first-order valence-electron chi connectivity index (χ1n) is 11.1. The Kier molecular flexibility index (Phi) is 8.38. The van der Waals surface area contributed by atoms with Crippen LogP contribution in [-0.4, -0.2) is 27.6 Å². The van der Waals surface area contributed by atoms with Gasteiger partial charge in [0, 0.05) is 27.7 Å². The Morgan fingerprint density at radius 1 is 1.00 bits per heavy atom. The Hall–Kier alpha value is -3.53. The van der Waals surface area contributed by atoms with E-state index in [9.17, 15) is 19.7 Å². The molecule has 2 amide bonds. The van der Waals surface area contributed by atoms with Crippen molar-refractivity contribution in [3.63, 3.8) is 0 Å². The summed E-state index contributed by atoms with van der Waals surface area (Å²) < 4.78 is 11.6. The van der Waals surface area contributed by atoms with Crippen LogP contribution in [0.5, 0.6) is 11.5 Å². The zero-order valence-corrected chi connectivity index (χ0v) is 21.8. The molecule has 0 N–H and O–H groups in total. The number of thioether (sulfide) groups is 1. The maximum absolute atomic E-state index is 12.9. The van der Waals surface area contributed by atoms with Crippen LogP contribution in [-0.2, 0) is 17.9 Å². The zero-order valence-electron chi connectivity index (χ0n) is 19.5. The number of rotatable bonds is 9. The van der Waals surface area contributed by atoms with E-state index >= 15 is 0 Å². The van der Waals surface area contributed by atoms with Crippen molar-refractivity contribution in [1.29, 1.82) is 0 Å². The average Bonchev–Trinajstić information content (AvgIpc) is 3.12.